The number of pyridine rings is 1. The molecule has 0 fully saturated rings. The van der Waals surface area contributed by atoms with Crippen molar-refractivity contribution in [3.63, 3.8) is 0 Å². The number of nitrogens with zero attached hydrogens (tertiary/aromatic N) is 2. The van der Waals surface area contributed by atoms with E-state index >= 15 is 0 Å². The van der Waals surface area contributed by atoms with Gasteiger partial charge < -0.3 is 4.74 Å². The summed E-state index contributed by atoms with van der Waals surface area (Å²) in [6.45, 7) is 4.35. The number of benzene rings is 1. The summed E-state index contributed by atoms with van der Waals surface area (Å²) >= 11 is 6.04. The van der Waals surface area contributed by atoms with Gasteiger partial charge >= 0.3 is 0 Å². The molecular formula is C18H19ClN2O2. The molecule has 1 atom stereocenters. The molecule has 2 heterocycles. The van der Waals surface area contributed by atoms with Crippen LogP contribution in [-0.4, -0.2) is 23.1 Å². The number of carbonyl (C=O) groups is 1. The van der Waals surface area contributed by atoms with E-state index in [0.717, 1.165) is 11.3 Å². The number of ether oxygens (including phenoxy) is 1. The third-order valence-electron chi connectivity index (χ3n) is 3.74. The highest BCUT2D eigenvalue weighted by Gasteiger charge is 2.27. The Balaban J connectivity index is 1.91. The van der Waals surface area contributed by atoms with Crippen LogP contribution in [0.2, 0.25) is 5.02 Å². The standard InChI is InChI=1S/C18H19ClN2O2/c1-12(2)20-17-5-3-4-8-21(17)18(22)14-9-13-10-15(19)6-7-16(13)23-11-14/h3-8,10,12,14H,9,11H2,1-2H3. The molecule has 1 aliphatic heterocycles. The molecule has 1 aromatic heterocycles. The highest BCUT2D eigenvalue weighted by Crippen LogP contribution is 2.30. The van der Waals surface area contributed by atoms with Gasteiger partial charge in [-0.2, -0.15) is 0 Å². The minimum absolute atomic E-state index is 0.00405. The molecule has 5 heteroatoms. The maximum Gasteiger partial charge on any atom is 0.239 e. The molecular weight excluding hydrogens is 312 g/mol. The van der Waals surface area contributed by atoms with Crippen molar-refractivity contribution in [2.75, 3.05) is 6.61 Å². The predicted molar refractivity (Wildman–Crippen MR) is 89.9 cm³/mol. The van der Waals surface area contributed by atoms with Crippen molar-refractivity contribution < 1.29 is 9.53 Å². The molecule has 0 spiro atoms. The van der Waals surface area contributed by atoms with Crippen molar-refractivity contribution in [1.29, 1.82) is 0 Å². The van der Waals surface area contributed by atoms with Gasteiger partial charge in [0.15, 0.2) is 0 Å². The molecule has 2 aromatic rings. The molecule has 0 N–H and O–H groups in total. The monoisotopic (exact) mass is 330 g/mol. The molecule has 0 amide bonds. The zero-order valence-electron chi connectivity index (χ0n) is 13.2. The lowest BCUT2D eigenvalue weighted by molar-refractivity contribution is 0.0760. The van der Waals surface area contributed by atoms with E-state index in [2.05, 4.69) is 4.99 Å². The van der Waals surface area contributed by atoms with Gasteiger partial charge in [0.25, 0.3) is 0 Å². The van der Waals surface area contributed by atoms with E-state index < -0.39 is 0 Å². The molecule has 23 heavy (non-hydrogen) atoms. The lowest BCUT2D eigenvalue weighted by Crippen LogP contribution is -2.37. The summed E-state index contributed by atoms with van der Waals surface area (Å²) < 4.78 is 7.35. The predicted octanol–water partition coefficient (Wildman–Crippen LogP) is 3.34. The zero-order chi connectivity index (χ0) is 16.4. The fourth-order valence-electron chi connectivity index (χ4n) is 2.71. The van der Waals surface area contributed by atoms with Crippen LogP contribution in [0.4, 0.5) is 0 Å². The molecule has 0 saturated carbocycles. The van der Waals surface area contributed by atoms with Crippen molar-refractivity contribution in [3.8, 4) is 5.75 Å². The number of hydrogen-bond donors (Lipinski definition) is 0. The van der Waals surface area contributed by atoms with Crippen LogP contribution in [0.15, 0.2) is 47.6 Å². The summed E-state index contributed by atoms with van der Waals surface area (Å²) in [5.74, 6) is 0.564. The van der Waals surface area contributed by atoms with E-state index in [9.17, 15) is 4.79 Å². The first kappa shape index (κ1) is 15.8. The van der Waals surface area contributed by atoms with Crippen LogP contribution in [0.3, 0.4) is 0 Å². The van der Waals surface area contributed by atoms with Crippen LogP contribution in [0.25, 0.3) is 0 Å². The minimum Gasteiger partial charge on any atom is -0.492 e. The maximum atomic E-state index is 12.9. The average molecular weight is 331 g/mol. The van der Waals surface area contributed by atoms with E-state index in [0.29, 0.717) is 23.5 Å². The largest absolute Gasteiger partial charge is 0.492 e. The lowest BCUT2D eigenvalue weighted by atomic mass is 9.96. The number of fused-ring (bicyclic) bond motifs is 1. The van der Waals surface area contributed by atoms with Crippen molar-refractivity contribution in [1.82, 2.24) is 4.57 Å². The second-order valence-corrected chi connectivity index (χ2v) is 6.39. The Morgan fingerprint density at radius 1 is 1.35 bits per heavy atom. The summed E-state index contributed by atoms with van der Waals surface area (Å²) in [7, 11) is 0. The Labute approximate surface area is 140 Å². The van der Waals surface area contributed by atoms with Crippen LogP contribution in [-0.2, 0) is 6.42 Å². The molecule has 0 saturated heterocycles. The number of halogens is 1. The summed E-state index contributed by atoms with van der Waals surface area (Å²) in [4.78, 5) is 17.4. The average Bonchev–Trinajstić information content (AvgIpc) is 2.53. The van der Waals surface area contributed by atoms with Gasteiger partial charge in [-0.1, -0.05) is 17.7 Å². The summed E-state index contributed by atoms with van der Waals surface area (Å²) in [5.41, 5.74) is 1.64. The van der Waals surface area contributed by atoms with E-state index in [1.807, 2.05) is 44.2 Å². The fraction of sp³-hybridized carbons (Fsp3) is 0.333. The van der Waals surface area contributed by atoms with Gasteiger partial charge in [-0.3, -0.25) is 14.4 Å². The van der Waals surface area contributed by atoms with E-state index in [4.69, 9.17) is 16.3 Å². The SMILES string of the molecule is CC(C)N=c1ccccn1C(=O)C1COc2ccc(Cl)cc2C1. The number of hydrogen-bond acceptors (Lipinski definition) is 3. The first-order chi connectivity index (χ1) is 11.0. The number of aromatic nitrogens is 1. The van der Waals surface area contributed by atoms with Crippen LogP contribution < -0.4 is 10.2 Å². The van der Waals surface area contributed by atoms with Crippen LogP contribution in [0.5, 0.6) is 5.75 Å². The van der Waals surface area contributed by atoms with Crippen molar-refractivity contribution in [2.24, 2.45) is 10.9 Å². The third kappa shape index (κ3) is 3.48. The first-order valence-electron chi connectivity index (χ1n) is 7.71. The van der Waals surface area contributed by atoms with Crippen molar-refractivity contribution in [2.45, 2.75) is 26.3 Å². The second-order valence-electron chi connectivity index (χ2n) is 5.95. The molecule has 0 radical (unpaired) electrons. The van der Waals surface area contributed by atoms with Crippen LogP contribution in [0, 0.1) is 5.92 Å². The highest BCUT2D eigenvalue weighted by atomic mass is 35.5. The van der Waals surface area contributed by atoms with E-state index in [-0.39, 0.29) is 17.9 Å². The van der Waals surface area contributed by atoms with E-state index in [1.54, 1.807) is 16.8 Å². The third-order valence-corrected chi connectivity index (χ3v) is 3.98. The Hall–Kier alpha value is -2.07. The Morgan fingerprint density at radius 3 is 2.96 bits per heavy atom. The number of rotatable bonds is 2. The number of carbonyl (C=O) groups excluding carboxylic acids is 1. The van der Waals surface area contributed by atoms with Crippen molar-refractivity contribution >= 4 is 17.5 Å². The normalized spacial score (nSPS) is 17.7. The highest BCUT2D eigenvalue weighted by molar-refractivity contribution is 6.30. The molecule has 120 valence electrons. The molecule has 1 unspecified atom stereocenters. The van der Waals surface area contributed by atoms with Crippen LogP contribution in [0.1, 0.15) is 24.2 Å². The topological polar surface area (TPSA) is 43.6 Å². The van der Waals surface area contributed by atoms with Crippen LogP contribution >= 0.6 is 11.6 Å². The molecule has 1 aromatic carbocycles. The Bertz CT molecular complexity index is 796. The summed E-state index contributed by atoms with van der Waals surface area (Å²) in [5, 5.41) is 0.656. The van der Waals surface area contributed by atoms with Gasteiger partial charge in [-0.15, -0.1) is 0 Å². The molecule has 3 rings (SSSR count). The van der Waals surface area contributed by atoms with Gasteiger partial charge in [-0.05, 0) is 56.2 Å². The van der Waals surface area contributed by atoms with Gasteiger partial charge in [0.2, 0.25) is 5.91 Å². The zero-order valence-corrected chi connectivity index (χ0v) is 14.0. The quantitative estimate of drug-likeness (QED) is 0.847. The maximum absolute atomic E-state index is 12.9. The van der Waals surface area contributed by atoms with Gasteiger partial charge in [0.05, 0.1) is 5.92 Å². The Morgan fingerprint density at radius 2 is 2.17 bits per heavy atom. The van der Waals surface area contributed by atoms with Gasteiger partial charge in [-0.25, -0.2) is 0 Å². The Kier molecular flexibility index (Phi) is 4.53. The summed E-state index contributed by atoms with van der Waals surface area (Å²) in [6, 6.07) is 11.2. The second kappa shape index (κ2) is 6.59. The lowest BCUT2D eigenvalue weighted by Gasteiger charge is -2.25. The molecule has 0 aliphatic carbocycles. The molecule has 4 nitrogen and oxygen atoms in total. The van der Waals surface area contributed by atoms with Crippen molar-refractivity contribution in [3.05, 3.63) is 58.7 Å². The summed E-state index contributed by atoms with van der Waals surface area (Å²) in [6.07, 6.45) is 2.38. The molecule has 0 bridgehead atoms. The fourth-order valence-corrected chi connectivity index (χ4v) is 2.90. The smallest absolute Gasteiger partial charge is 0.239 e. The van der Waals surface area contributed by atoms with Gasteiger partial charge in [0.1, 0.15) is 17.8 Å². The van der Waals surface area contributed by atoms with E-state index in [1.165, 1.54) is 0 Å². The van der Waals surface area contributed by atoms with Gasteiger partial charge in [0, 0.05) is 17.3 Å². The molecule has 1 aliphatic rings. The first-order valence-corrected chi connectivity index (χ1v) is 8.09. The minimum atomic E-state index is -0.241.